The van der Waals surface area contributed by atoms with Crippen molar-refractivity contribution in [1.29, 1.82) is 0 Å². The van der Waals surface area contributed by atoms with Crippen molar-refractivity contribution in [1.82, 2.24) is 40.4 Å². The van der Waals surface area contributed by atoms with Gasteiger partial charge in [-0.1, -0.05) is 80.2 Å². The second kappa shape index (κ2) is 17.2. The van der Waals surface area contributed by atoms with E-state index in [2.05, 4.69) is 81.3 Å². The molecule has 2 aliphatic heterocycles. The normalized spacial score (nSPS) is 20.0. The van der Waals surface area contributed by atoms with Gasteiger partial charge in [-0.15, -0.1) is 0 Å². The number of hydrogen-bond donors (Lipinski definition) is 4. The van der Waals surface area contributed by atoms with Crippen molar-refractivity contribution in [2.75, 3.05) is 20.8 Å². The number of methoxy groups -OCH3 is 2. The number of hydrogen-bond acceptors (Lipinski definition) is 8. The molecule has 4 amide bonds. The van der Waals surface area contributed by atoms with E-state index >= 15 is 0 Å². The summed E-state index contributed by atoms with van der Waals surface area (Å²) in [6, 6.07) is 30.8. The molecule has 64 heavy (non-hydrogen) atoms. The lowest BCUT2D eigenvalue weighted by Gasteiger charge is -2.36. The minimum absolute atomic E-state index is 0. The Morgan fingerprint density at radius 2 is 1.44 bits per heavy atom. The molecule has 1 aliphatic carbocycles. The number of H-pyrrole nitrogens is 2. The molecule has 6 atom stereocenters. The standard InChI is InChI=1S/C49H48N8O6.CH4/c1-27(51-48(60)62-2)46(58)56-21-7-10-40(56)44-52-38-20-17-33-23-32(16-19-37(33)42(38)54-44)29-11-12-31-24-34(14-13-30(31)22-29)39-26-50-45(53-39)43-35-15-18-36(25-35)57(43)47(59)41(55-49(61)63-3)28-8-5-4-6-9-28;/h4-6,8-9,11-14,16-17,19-20,22-24,26-27,35-36,40-41,43H,7,10,15,18,21,25H2,1-3H3,(H,50,53)(H,51,60)(H,52,54)(H,55,61);1H4/t27-,35-,36+,40-,41+,43-;/m0./s1. The molecule has 2 bridgehead atoms. The Balaban J connectivity index is 0.00000518. The summed E-state index contributed by atoms with van der Waals surface area (Å²) >= 11 is 0. The van der Waals surface area contributed by atoms with E-state index in [-0.39, 0.29) is 43.3 Å². The number of piperidine rings is 1. The number of carbonyl (C=O) groups is 4. The monoisotopic (exact) mass is 860 g/mol. The number of likely N-dealkylation sites (tertiary alicyclic amines) is 2. The maximum Gasteiger partial charge on any atom is 0.407 e. The summed E-state index contributed by atoms with van der Waals surface area (Å²) in [4.78, 5) is 72.5. The van der Waals surface area contributed by atoms with Crippen LogP contribution in [0.2, 0.25) is 0 Å². The van der Waals surface area contributed by atoms with Crippen LogP contribution in [0.3, 0.4) is 0 Å². The molecule has 4 N–H and O–H groups in total. The first-order valence-electron chi connectivity index (χ1n) is 21.6. The number of nitrogens with one attached hydrogen (secondary N) is 4. The maximum atomic E-state index is 14.3. The second-order valence-electron chi connectivity index (χ2n) is 16.9. The average Bonchev–Trinajstić information content (AvgIpc) is 4.18. The SMILES string of the molecule is C.COC(=O)N[C@@H](C)C(=O)N1CCC[C@H]1c1nc2c(ccc3cc(-c4ccc5cc(-c6cnc([C@@H]7[C@H]8CC[C@H](C8)N7C(=O)[C@H](NC(=O)OC)c7ccccc7)[nH]6)ccc5c4)ccc32)[nH]1. The van der Waals surface area contributed by atoms with Gasteiger partial charge in [-0.05, 0) is 102 Å². The highest BCUT2D eigenvalue weighted by Gasteiger charge is 2.51. The summed E-state index contributed by atoms with van der Waals surface area (Å²) in [6.45, 7) is 2.26. The number of amides is 4. The Morgan fingerprint density at radius 1 is 0.750 bits per heavy atom. The van der Waals surface area contributed by atoms with Gasteiger partial charge in [0.2, 0.25) is 5.91 Å². The Bertz CT molecular complexity index is 2910. The highest BCUT2D eigenvalue weighted by atomic mass is 16.5. The van der Waals surface area contributed by atoms with E-state index < -0.39 is 24.3 Å². The molecule has 0 unspecified atom stereocenters. The third kappa shape index (κ3) is 7.56. The lowest BCUT2D eigenvalue weighted by atomic mass is 9.96. The minimum Gasteiger partial charge on any atom is -0.453 e. The number of benzene rings is 5. The molecular formula is C50H52N8O6. The number of carbonyl (C=O) groups excluding carboxylic acids is 4. The van der Waals surface area contributed by atoms with Crippen LogP contribution >= 0.6 is 0 Å². The zero-order valence-corrected chi connectivity index (χ0v) is 35.3. The van der Waals surface area contributed by atoms with Gasteiger partial charge >= 0.3 is 12.2 Å². The summed E-state index contributed by atoms with van der Waals surface area (Å²) in [7, 11) is 2.58. The molecule has 0 spiro atoms. The molecule has 1 saturated carbocycles. The van der Waals surface area contributed by atoms with Gasteiger partial charge in [0.1, 0.15) is 23.7 Å². The average molecular weight is 861 g/mol. The highest BCUT2D eigenvalue weighted by Crippen LogP contribution is 2.50. The van der Waals surface area contributed by atoms with Crippen LogP contribution in [0.5, 0.6) is 0 Å². The highest BCUT2D eigenvalue weighted by molar-refractivity contribution is 6.06. The molecule has 5 aromatic carbocycles. The summed E-state index contributed by atoms with van der Waals surface area (Å²) in [5.74, 6) is 1.43. The van der Waals surface area contributed by atoms with E-state index in [1.807, 2.05) is 47.5 Å². The van der Waals surface area contributed by atoms with Crippen LogP contribution in [0.15, 0.2) is 103 Å². The molecule has 4 heterocycles. The van der Waals surface area contributed by atoms with Gasteiger partial charge in [-0.25, -0.2) is 19.6 Å². The van der Waals surface area contributed by atoms with Crippen molar-refractivity contribution in [3.8, 4) is 22.4 Å². The predicted octanol–water partition coefficient (Wildman–Crippen LogP) is 9.12. The fourth-order valence-corrected chi connectivity index (χ4v) is 10.2. The van der Waals surface area contributed by atoms with Gasteiger partial charge in [0, 0.05) is 23.5 Å². The van der Waals surface area contributed by atoms with Crippen LogP contribution in [0.4, 0.5) is 9.59 Å². The van der Waals surface area contributed by atoms with Crippen molar-refractivity contribution in [3.63, 3.8) is 0 Å². The van der Waals surface area contributed by atoms with E-state index in [1.54, 1.807) is 11.8 Å². The molecule has 328 valence electrons. The molecular weight excluding hydrogens is 809 g/mol. The van der Waals surface area contributed by atoms with Crippen molar-refractivity contribution in [2.24, 2.45) is 5.92 Å². The van der Waals surface area contributed by atoms with Crippen LogP contribution in [-0.2, 0) is 19.1 Å². The van der Waals surface area contributed by atoms with Crippen LogP contribution in [-0.4, -0.2) is 86.6 Å². The van der Waals surface area contributed by atoms with Gasteiger partial charge in [0.25, 0.3) is 5.91 Å². The lowest BCUT2D eigenvalue weighted by molar-refractivity contribution is -0.138. The van der Waals surface area contributed by atoms with Crippen molar-refractivity contribution in [3.05, 3.63) is 120 Å². The first-order valence-corrected chi connectivity index (χ1v) is 21.6. The van der Waals surface area contributed by atoms with E-state index in [0.717, 1.165) is 98.7 Å². The molecule has 3 fully saturated rings. The number of aromatic amines is 2. The van der Waals surface area contributed by atoms with E-state index in [1.165, 1.54) is 14.2 Å². The number of imidazole rings is 2. The van der Waals surface area contributed by atoms with Gasteiger partial charge in [-0.2, -0.15) is 0 Å². The third-order valence-electron chi connectivity index (χ3n) is 13.3. The van der Waals surface area contributed by atoms with Crippen molar-refractivity contribution in [2.45, 2.75) is 76.7 Å². The third-order valence-corrected chi connectivity index (χ3v) is 13.3. The lowest BCUT2D eigenvalue weighted by Crippen LogP contribution is -2.47. The van der Waals surface area contributed by atoms with E-state index in [0.29, 0.717) is 12.1 Å². The number of fused-ring (bicyclic) bond motifs is 6. The molecule has 14 nitrogen and oxygen atoms in total. The number of alkyl carbamates (subject to hydrolysis) is 2. The fraction of sp³-hybridized carbons (Fsp3) is 0.320. The number of aromatic nitrogens is 4. The molecule has 0 radical (unpaired) electrons. The van der Waals surface area contributed by atoms with Crippen LogP contribution < -0.4 is 10.6 Å². The van der Waals surface area contributed by atoms with Crippen LogP contribution in [0.1, 0.15) is 81.8 Å². The number of rotatable bonds is 9. The topological polar surface area (TPSA) is 175 Å². The van der Waals surface area contributed by atoms with Gasteiger partial charge in [-0.3, -0.25) is 9.59 Å². The fourth-order valence-electron chi connectivity index (χ4n) is 10.2. The van der Waals surface area contributed by atoms with Crippen molar-refractivity contribution < 1.29 is 28.7 Å². The molecule has 2 saturated heterocycles. The summed E-state index contributed by atoms with van der Waals surface area (Å²) in [5.41, 5.74) is 6.51. The smallest absolute Gasteiger partial charge is 0.407 e. The van der Waals surface area contributed by atoms with Gasteiger partial charge in [0.05, 0.1) is 49.2 Å². The van der Waals surface area contributed by atoms with Crippen LogP contribution in [0.25, 0.3) is 55.0 Å². The molecule has 14 heteroatoms. The minimum atomic E-state index is -0.877. The summed E-state index contributed by atoms with van der Waals surface area (Å²) in [6.07, 6.45) is 5.02. The Hall–Kier alpha value is -7.22. The molecule has 7 aromatic rings. The molecule has 2 aromatic heterocycles. The second-order valence-corrected chi connectivity index (χ2v) is 16.9. The molecule has 3 aliphatic rings. The quantitative estimate of drug-likeness (QED) is 0.111. The predicted molar refractivity (Wildman–Crippen MR) is 245 cm³/mol. The van der Waals surface area contributed by atoms with Gasteiger partial charge < -0.3 is 39.9 Å². The summed E-state index contributed by atoms with van der Waals surface area (Å²) in [5, 5.41) is 9.64. The number of ether oxygens (including phenoxy) is 2. The van der Waals surface area contributed by atoms with E-state index in [4.69, 9.17) is 19.4 Å². The molecule has 10 rings (SSSR count). The van der Waals surface area contributed by atoms with Crippen molar-refractivity contribution >= 4 is 56.6 Å². The van der Waals surface area contributed by atoms with Crippen LogP contribution in [0, 0.1) is 5.92 Å². The Kier molecular flexibility index (Phi) is 11.3. The number of nitrogens with zero attached hydrogens (tertiary/aromatic N) is 4. The largest absolute Gasteiger partial charge is 0.453 e. The zero-order valence-electron chi connectivity index (χ0n) is 35.3. The summed E-state index contributed by atoms with van der Waals surface area (Å²) < 4.78 is 9.59. The maximum absolute atomic E-state index is 14.3. The first kappa shape index (κ1) is 42.1. The first-order chi connectivity index (χ1) is 30.7. The van der Waals surface area contributed by atoms with E-state index in [9.17, 15) is 19.2 Å². The van der Waals surface area contributed by atoms with Gasteiger partial charge in [0.15, 0.2) is 0 Å². The zero-order chi connectivity index (χ0) is 43.4. The Labute approximate surface area is 370 Å². The Morgan fingerprint density at radius 3 is 2.20 bits per heavy atom.